The summed E-state index contributed by atoms with van der Waals surface area (Å²) < 4.78 is 42.2. The second-order valence-corrected chi connectivity index (χ2v) is 11.1. The molecule has 0 bridgehead atoms. The Morgan fingerprint density at radius 1 is 0.951 bits per heavy atom. The monoisotopic (exact) mass is 567 g/mol. The molecule has 0 saturated heterocycles. The number of carboxylic acids is 2. The van der Waals surface area contributed by atoms with E-state index in [0.29, 0.717) is 46.0 Å². The quantitative estimate of drug-likeness (QED) is 0.331. The van der Waals surface area contributed by atoms with Crippen LogP contribution in [0.5, 0.6) is 17.2 Å². The molecule has 41 heavy (non-hydrogen) atoms. The number of methoxy groups -OCH3 is 1. The van der Waals surface area contributed by atoms with Gasteiger partial charge in [0.25, 0.3) is 0 Å². The maximum atomic E-state index is 13.8. The number of benzene rings is 2. The highest BCUT2D eigenvalue weighted by molar-refractivity contribution is 5.78. The third-order valence-corrected chi connectivity index (χ3v) is 7.68. The zero-order chi connectivity index (χ0) is 29.6. The van der Waals surface area contributed by atoms with E-state index in [2.05, 4.69) is 23.3 Å². The predicted octanol–water partition coefficient (Wildman–Crippen LogP) is 5.85. The van der Waals surface area contributed by atoms with Crippen molar-refractivity contribution in [3.63, 3.8) is 0 Å². The number of halogens is 2. The number of fused-ring (bicyclic) bond motifs is 2. The zero-order valence-corrected chi connectivity index (χ0v) is 23.1. The van der Waals surface area contributed by atoms with E-state index in [4.69, 9.17) is 9.72 Å². The van der Waals surface area contributed by atoms with Gasteiger partial charge >= 0.3 is 18.2 Å². The van der Waals surface area contributed by atoms with Crippen LogP contribution in [0.15, 0.2) is 48.5 Å². The molecule has 2 heterocycles. The number of hydrogen-bond acceptors (Lipinski definition) is 6. The Kier molecular flexibility index (Phi) is 7.35. The number of pyridine rings is 1. The molecule has 1 aromatic heterocycles. The molecule has 2 aliphatic rings. The van der Waals surface area contributed by atoms with E-state index in [0.717, 1.165) is 5.69 Å². The van der Waals surface area contributed by atoms with Gasteiger partial charge in [0.2, 0.25) is 0 Å². The Labute approximate surface area is 235 Å². The number of aliphatic carboxylic acids is 2. The second-order valence-electron chi connectivity index (χ2n) is 11.1. The van der Waals surface area contributed by atoms with E-state index in [-0.39, 0.29) is 17.9 Å². The SMILES string of the molecule is COc1ccc([C@@H]2c3nc(CC(C)C)ccc3[C@H](c3ccc4c(c3)OC(F)(F)O4)C2C(=O)O)c(CC(C)C(=O)O)c1. The van der Waals surface area contributed by atoms with Crippen molar-refractivity contribution in [1.29, 1.82) is 0 Å². The minimum Gasteiger partial charge on any atom is -0.497 e. The van der Waals surface area contributed by atoms with Crippen molar-refractivity contribution in [2.45, 2.75) is 51.7 Å². The van der Waals surface area contributed by atoms with Crippen molar-refractivity contribution < 1.29 is 42.8 Å². The fourth-order valence-corrected chi connectivity index (χ4v) is 5.91. The van der Waals surface area contributed by atoms with E-state index >= 15 is 0 Å². The average molecular weight is 568 g/mol. The van der Waals surface area contributed by atoms with E-state index in [1.54, 1.807) is 31.2 Å². The Balaban J connectivity index is 1.70. The van der Waals surface area contributed by atoms with Crippen LogP contribution >= 0.6 is 0 Å². The predicted molar refractivity (Wildman–Crippen MR) is 144 cm³/mol. The molecule has 2 N–H and O–H groups in total. The summed E-state index contributed by atoms with van der Waals surface area (Å²) in [7, 11) is 1.50. The third kappa shape index (κ3) is 5.42. The molecule has 4 atom stereocenters. The summed E-state index contributed by atoms with van der Waals surface area (Å²) >= 11 is 0. The van der Waals surface area contributed by atoms with E-state index in [1.165, 1.54) is 19.2 Å². The molecule has 2 unspecified atom stereocenters. The summed E-state index contributed by atoms with van der Waals surface area (Å²) in [6.45, 7) is 5.71. The van der Waals surface area contributed by atoms with Crippen molar-refractivity contribution in [3.8, 4) is 17.2 Å². The van der Waals surface area contributed by atoms with Crippen LogP contribution in [-0.4, -0.2) is 40.5 Å². The normalized spacial score (nSPS) is 21.0. The lowest BCUT2D eigenvalue weighted by Crippen LogP contribution is -2.26. The Bertz CT molecular complexity index is 1510. The molecule has 8 nitrogen and oxygen atoms in total. The summed E-state index contributed by atoms with van der Waals surface area (Å²) in [5.41, 5.74) is 3.77. The number of hydrogen-bond donors (Lipinski definition) is 2. The lowest BCUT2D eigenvalue weighted by atomic mass is 9.78. The van der Waals surface area contributed by atoms with Gasteiger partial charge in [-0.1, -0.05) is 39.0 Å². The van der Waals surface area contributed by atoms with Crippen LogP contribution in [0.25, 0.3) is 0 Å². The summed E-state index contributed by atoms with van der Waals surface area (Å²) in [5, 5.41) is 20.3. The maximum Gasteiger partial charge on any atom is 0.586 e. The molecule has 0 saturated carbocycles. The molecule has 10 heteroatoms. The molecular weight excluding hydrogens is 536 g/mol. The van der Waals surface area contributed by atoms with E-state index in [9.17, 15) is 28.6 Å². The highest BCUT2D eigenvalue weighted by Crippen LogP contribution is 2.54. The first-order valence-electron chi connectivity index (χ1n) is 13.4. The Hall–Kier alpha value is -4.21. The van der Waals surface area contributed by atoms with E-state index in [1.807, 2.05) is 12.1 Å². The Morgan fingerprint density at radius 2 is 1.66 bits per heavy atom. The van der Waals surface area contributed by atoms with Crippen molar-refractivity contribution in [2.24, 2.45) is 17.8 Å². The van der Waals surface area contributed by atoms with Crippen LogP contribution in [0.4, 0.5) is 8.78 Å². The van der Waals surface area contributed by atoms with Crippen LogP contribution in [0.3, 0.4) is 0 Å². The van der Waals surface area contributed by atoms with Crippen molar-refractivity contribution in [1.82, 2.24) is 4.98 Å². The first-order valence-corrected chi connectivity index (χ1v) is 13.4. The van der Waals surface area contributed by atoms with Crippen LogP contribution in [-0.2, 0) is 22.4 Å². The lowest BCUT2D eigenvalue weighted by Gasteiger charge is -2.25. The van der Waals surface area contributed by atoms with Gasteiger partial charge < -0.3 is 24.4 Å². The smallest absolute Gasteiger partial charge is 0.497 e. The fourth-order valence-electron chi connectivity index (χ4n) is 5.91. The lowest BCUT2D eigenvalue weighted by molar-refractivity contribution is -0.286. The number of nitrogens with zero attached hydrogens (tertiary/aromatic N) is 1. The average Bonchev–Trinajstić information content (AvgIpc) is 3.40. The van der Waals surface area contributed by atoms with Gasteiger partial charge in [0, 0.05) is 17.5 Å². The number of aromatic nitrogens is 1. The molecule has 3 aromatic rings. The van der Waals surface area contributed by atoms with Crippen LogP contribution < -0.4 is 14.2 Å². The highest BCUT2D eigenvalue weighted by Gasteiger charge is 2.50. The topological polar surface area (TPSA) is 115 Å². The molecule has 1 aliphatic heterocycles. The first-order chi connectivity index (χ1) is 19.4. The number of alkyl halides is 2. The van der Waals surface area contributed by atoms with Gasteiger partial charge in [-0.3, -0.25) is 14.6 Å². The summed E-state index contributed by atoms with van der Waals surface area (Å²) in [6.07, 6.45) is -2.99. The van der Waals surface area contributed by atoms with Crippen LogP contribution in [0.2, 0.25) is 0 Å². The van der Waals surface area contributed by atoms with Gasteiger partial charge in [-0.2, -0.15) is 0 Å². The number of ether oxygens (including phenoxy) is 3. The van der Waals surface area contributed by atoms with Crippen molar-refractivity contribution >= 4 is 11.9 Å². The summed E-state index contributed by atoms with van der Waals surface area (Å²) in [6, 6.07) is 13.3. The van der Waals surface area contributed by atoms with Gasteiger partial charge in [0.05, 0.1) is 24.6 Å². The summed E-state index contributed by atoms with van der Waals surface area (Å²) in [5.74, 6) is -4.87. The molecule has 1 aliphatic carbocycles. The van der Waals surface area contributed by atoms with Crippen LogP contribution in [0.1, 0.15) is 66.2 Å². The summed E-state index contributed by atoms with van der Waals surface area (Å²) in [4.78, 5) is 29.8. The molecule has 0 amide bonds. The minimum absolute atomic E-state index is 0.133. The largest absolute Gasteiger partial charge is 0.586 e. The van der Waals surface area contributed by atoms with Gasteiger partial charge in [-0.25, -0.2) is 0 Å². The van der Waals surface area contributed by atoms with Gasteiger partial charge in [0.1, 0.15) is 5.75 Å². The van der Waals surface area contributed by atoms with E-state index < -0.39 is 41.9 Å². The van der Waals surface area contributed by atoms with Crippen molar-refractivity contribution in [2.75, 3.05) is 7.11 Å². The maximum absolute atomic E-state index is 13.8. The molecular formula is C31H31F2NO7. The fraction of sp³-hybridized carbons (Fsp3) is 0.387. The molecule has 216 valence electrons. The first kappa shape index (κ1) is 28.3. The highest BCUT2D eigenvalue weighted by atomic mass is 19.3. The van der Waals surface area contributed by atoms with Gasteiger partial charge in [-0.05, 0) is 71.3 Å². The van der Waals surface area contributed by atoms with Gasteiger partial charge in [0.15, 0.2) is 11.5 Å². The molecule has 0 spiro atoms. The number of rotatable bonds is 9. The second kappa shape index (κ2) is 10.6. The zero-order valence-electron chi connectivity index (χ0n) is 23.1. The molecule has 5 rings (SSSR count). The Morgan fingerprint density at radius 3 is 2.32 bits per heavy atom. The molecule has 0 fully saturated rings. The number of carboxylic acid groups (broad SMARTS) is 2. The standard InChI is InChI=1S/C31H31F2NO7/c1-15(2)11-19-6-8-22-25(17-5-10-23-24(14-17)41-31(32,33)40-23)27(30(37)38)26(28(22)34-19)21-9-7-20(39-4)13-18(21)12-16(3)29(35)36/h5-10,13-16,25-27H,11-12H2,1-4H3,(H,35,36)(H,37,38)/t16?,25-,26-,27?/m0/s1. The van der Waals surface area contributed by atoms with Gasteiger partial charge in [-0.15, -0.1) is 8.78 Å². The molecule has 2 aromatic carbocycles. The third-order valence-electron chi connectivity index (χ3n) is 7.68. The minimum atomic E-state index is -3.81. The van der Waals surface area contributed by atoms with Crippen molar-refractivity contribution in [3.05, 3.63) is 82.2 Å². The van der Waals surface area contributed by atoms with Crippen LogP contribution in [0, 0.1) is 17.8 Å². The number of carbonyl (C=O) groups is 2. The molecule has 0 radical (unpaired) electrons.